The molecule has 4 heteroatoms. The van der Waals surface area contributed by atoms with Crippen molar-refractivity contribution >= 4 is 21.9 Å². The van der Waals surface area contributed by atoms with Crippen LogP contribution in [0.5, 0.6) is 0 Å². The van der Waals surface area contributed by atoms with Gasteiger partial charge in [-0.1, -0.05) is 35.8 Å². The molecule has 0 aliphatic rings. The van der Waals surface area contributed by atoms with Crippen LogP contribution in [0.15, 0.2) is 22.7 Å². The normalized spacial score (nSPS) is 10.8. The van der Waals surface area contributed by atoms with Gasteiger partial charge in [0.1, 0.15) is 0 Å². The van der Waals surface area contributed by atoms with Crippen molar-refractivity contribution in [3.8, 4) is 0 Å². The summed E-state index contributed by atoms with van der Waals surface area (Å²) in [6.07, 6.45) is 0. The van der Waals surface area contributed by atoms with Crippen LogP contribution in [0.1, 0.15) is 29.8 Å². The topological polar surface area (TPSA) is 46.5 Å². The molecule has 16 heavy (non-hydrogen) atoms. The van der Waals surface area contributed by atoms with Crippen LogP contribution in [0.3, 0.4) is 0 Å². The molecule has 0 amide bonds. The second-order valence-corrected chi connectivity index (χ2v) is 4.87. The van der Waals surface area contributed by atoms with E-state index in [2.05, 4.69) is 29.8 Å². The molecule has 0 heterocycles. The van der Waals surface area contributed by atoms with Crippen molar-refractivity contribution in [2.45, 2.75) is 20.5 Å². The van der Waals surface area contributed by atoms with Crippen molar-refractivity contribution in [2.24, 2.45) is 5.92 Å². The largest absolute Gasteiger partial charge is 0.478 e. The van der Waals surface area contributed by atoms with Crippen LogP contribution in [0.25, 0.3) is 0 Å². The third-order valence-corrected chi connectivity index (χ3v) is 2.75. The molecule has 0 aliphatic carbocycles. The van der Waals surface area contributed by atoms with E-state index >= 15 is 0 Å². The van der Waals surface area contributed by atoms with Gasteiger partial charge in [-0.05, 0) is 23.6 Å². The quantitative estimate of drug-likeness (QED) is 0.903. The van der Waals surface area contributed by atoms with Crippen molar-refractivity contribution < 1.29 is 14.6 Å². The predicted molar refractivity (Wildman–Crippen MR) is 65.6 cm³/mol. The summed E-state index contributed by atoms with van der Waals surface area (Å²) in [5.74, 6) is -0.424. The van der Waals surface area contributed by atoms with Gasteiger partial charge in [0.25, 0.3) is 0 Å². The molecule has 0 fully saturated rings. The van der Waals surface area contributed by atoms with Crippen molar-refractivity contribution in [3.05, 3.63) is 33.8 Å². The fourth-order valence-corrected chi connectivity index (χ4v) is 1.70. The lowest BCUT2D eigenvalue weighted by atomic mass is 10.1. The van der Waals surface area contributed by atoms with Crippen molar-refractivity contribution in [1.82, 2.24) is 0 Å². The minimum absolute atomic E-state index is 0.277. The van der Waals surface area contributed by atoms with Gasteiger partial charge < -0.3 is 9.84 Å². The number of hydrogen-bond donors (Lipinski definition) is 1. The Morgan fingerprint density at radius 1 is 1.50 bits per heavy atom. The van der Waals surface area contributed by atoms with E-state index in [-0.39, 0.29) is 5.56 Å². The highest BCUT2D eigenvalue weighted by atomic mass is 79.9. The van der Waals surface area contributed by atoms with Crippen LogP contribution in [0.2, 0.25) is 0 Å². The van der Waals surface area contributed by atoms with Crippen LogP contribution in [0, 0.1) is 5.92 Å². The number of aromatic carboxylic acids is 1. The van der Waals surface area contributed by atoms with Crippen LogP contribution in [-0.4, -0.2) is 17.7 Å². The minimum Gasteiger partial charge on any atom is -0.478 e. The first kappa shape index (κ1) is 13.2. The maximum absolute atomic E-state index is 10.7. The van der Waals surface area contributed by atoms with Gasteiger partial charge >= 0.3 is 5.97 Å². The number of carbonyl (C=O) groups is 1. The zero-order valence-electron chi connectivity index (χ0n) is 9.37. The average molecular weight is 287 g/mol. The molecule has 0 aromatic heterocycles. The predicted octanol–water partition coefficient (Wildman–Crippen LogP) is 3.32. The van der Waals surface area contributed by atoms with E-state index in [1.807, 2.05) is 0 Å². The first-order valence-electron chi connectivity index (χ1n) is 5.10. The van der Waals surface area contributed by atoms with Gasteiger partial charge in [0.05, 0.1) is 12.2 Å². The molecule has 0 atom stereocenters. The number of benzene rings is 1. The molecule has 0 bridgehead atoms. The van der Waals surface area contributed by atoms with Gasteiger partial charge in [0.2, 0.25) is 0 Å². The SMILES string of the molecule is CC(C)COCc1ccc(C(=O)O)cc1Br. The van der Waals surface area contributed by atoms with Gasteiger partial charge in [-0.25, -0.2) is 4.79 Å². The van der Waals surface area contributed by atoms with Gasteiger partial charge in [0, 0.05) is 11.1 Å². The third-order valence-electron chi connectivity index (χ3n) is 2.01. The Labute approximate surface area is 104 Å². The number of halogens is 1. The second kappa shape index (κ2) is 6.01. The number of carboxylic acids is 1. The van der Waals surface area contributed by atoms with Crippen LogP contribution < -0.4 is 0 Å². The lowest BCUT2D eigenvalue weighted by molar-refractivity contribution is 0.0696. The summed E-state index contributed by atoms with van der Waals surface area (Å²) in [5.41, 5.74) is 1.24. The number of rotatable bonds is 5. The fourth-order valence-electron chi connectivity index (χ4n) is 1.20. The first-order valence-corrected chi connectivity index (χ1v) is 5.89. The monoisotopic (exact) mass is 286 g/mol. The van der Waals surface area contributed by atoms with E-state index < -0.39 is 5.97 Å². The molecule has 0 saturated carbocycles. The smallest absolute Gasteiger partial charge is 0.335 e. The molecule has 0 saturated heterocycles. The van der Waals surface area contributed by atoms with Gasteiger partial charge in [0.15, 0.2) is 0 Å². The average Bonchev–Trinajstić information content (AvgIpc) is 2.19. The number of hydrogen-bond acceptors (Lipinski definition) is 2. The molecule has 1 aromatic rings. The van der Waals surface area contributed by atoms with Crippen molar-refractivity contribution in [2.75, 3.05) is 6.61 Å². The molecular weight excluding hydrogens is 272 g/mol. The Hall–Kier alpha value is -0.870. The van der Waals surface area contributed by atoms with Crippen molar-refractivity contribution in [3.63, 3.8) is 0 Å². The molecule has 1 aromatic carbocycles. The van der Waals surface area contributed by atoms with E-state index in [0.717, 1.165) is 10.0 Å². The summed E-state index contributed by atoms with van der Waals surface area (Å²) in [4.78, 5) is 10.7. The highest BCUT2D eigenvalue weighted by Crippen LogP contribution is 2.19. The standard InChI is InChI=1S/C12H15BrO3/c1-8(2)6-16-7-10-4-3-9(12(14)15)5-11(10)13/h3-5,8H,6-7H2,1-2H3,(H,14,15). The van der Waals surface area contributed by atoms with E-state index in [9.17, 15) is 4.79 Å². The molecule has 0 unspecified atom stereocenters. The fraction of sp³-hybridized carbons (Fsp3) is 0.417. The summed E-state index contributed by atoms with van der Waals surface area (Å²) >= 11 is 3.34. The van der Waals surface area contributed by atoms with E-state index in [1.54, 1.807) is 18.2 Å². The first-order chi connectivity index (χ1) is 7.50. The molecule has 1 rings (SSSR count). The van der Waals surface area contributed by atoms with Gasteiger partial charge in [-0.2, -0.15) is 0 Å². The van der Waals surface area contributed by atoms with Gasteiger partial charge in [-0.15, -0.1) is 0 Å². The molecule has 88 valence electrons. The molecule has 0 radical (unpaired) electrons. The molecule has 1 N–H and O–H groups in total. The molecular formula is C12H15BrO3. The highest BCUT2D eigenvalue weighted by molar-refractivity contribution is 9.10. The maximum atomic E-state index is 10.7. The number of carboxylic acid groups (broad SMARTS) is 1. The highest BCUT2D eigenvalue weighted by Gasteiger charge is 2.06. The third kappa shape index (κ3) is 3.94. The molecule has 0 aliphatic heterocycles. The number of ether oxygens (including phenoxy) is 1. The lowest BCUT2D eigenvalue weighted by Gasteiger charge is -2.08. The minimum atomic E-state index is -0.921. The summed E-state index contributed by atoms with van der Waals surface area (Å²) in [6, 6.07) is 4.95. The summed E-state index contributed by atoms with van der Waals surface area (Å²) in [7, 11) is 0. The van der Waals surface area contributed by atoms with Gasteiger partial charge in [-0.3, -0.25) is 0 Å². The summed E-state index contributed by atoms with van der Waals surface area (Å²) in [5, 5.41) is 8.80. The lowest BCUT2D eigenvalue weighted by Crippen LogP contribution is -2.03. The van der Waals surface area contributed by atoms with E-state index in [1.165, 1.54) is 0 Å². The Morgan fingerprint density at radius 2 is 2.19 bits per heavy atom. The Balaban J connectivity index is 2.64. The summed E-state index contributed by atoms with van der Waals surface area (Å²) < 4.78 is 6.26. The molecule has 0 spiro atoms. The summed E-state index contributed by atoms with van der Waals surface area (Å²) in [6.45, 7) is 5.37. The van der Waals surface area contributed by atoms with Crippen LogP contribution in [0.4, 0.5) is 0 Å². The van der Waals surface area contributed by atoms with Crippen LogP contribution >= 0.6 is 15.9 Å². The maximum Gasteiger partial charge on any atom is 0.335 e. The van der Waals surface area contributed by atoms with Crippen LogP contribution in [-0.2, 0) is 11.3 Å². The second-order valence-electron chi connectivity index (χ2n) is 4.02. The Kier molecular flexibility index (Phi) is 4.96. The zero-order valence-corrected chi connectivity index (χ0v) is 11.0. The Bertz CT molecular complexity index is 375. The van der Waals surface area contributed by atoms with Crippen molar-refractivity contribution in [1.29, 1.82) is 0 Å². The zero-order chi connectivity index (χ0) is 12.1. The van der Waals surface area contributed by atoms with E-state index in [4.69, 9.17) is 9.84 Å². The molecule has 3 nitrogen and oxygen atoms in total. The Morgan fingerprint density at radius 3 is 2.69 bits per heavy atom. The van der Waals surface area contributed by atoms with E-state index in [0.29, 0.717) is 19.1 Å².